The van der Waals surface area contributed by atoms with Crippen LogP contribution in [-0.4, -0.2) is 16.2 Å². The number of carboxylic acid groups (broad SMARTS) is 1. The van der Waals surface area contributed by atoms with Gasteiger partial charge in [-0.15, -0.1) is 0 Å². The molecule has 21 heavy (non-hydrogen) atoms. The third-order valence-corrected chi connectivity index (χ3v) is 3.54. The van der Waals surface area contributed by atoms with Gasteiger partial charge in [0.25, 0.3) is 0 Å². The van der Waals surface area contributed by atoms with Gasteiger partial charge in [0.05, 0.1) is 12.2 Å². The Morgan fingerprint density at radius 2 is 1.67 bits per heavy atom. The summed E-state index contributed by atoms with van der Waals surface area (Å²) in [6, 6.07) is 18.6. The molecule has 0 radical (unpaired) electrons. The van der Waals surface area contributed by atoms with Crippen LogP contribution in [0.3, 0.4) is 0 Å². The van der Waals surface area contributed by atoms with Gasteiger partial charge < -0.3 is 10.2 Å². The highest BCUT2D eigenvalue weighted by Gasteiger charge is 2.13. The number of carboxylic acids is 1. The molecule has 0 aliphatic heterocycles. The van der Waals surface area contributed by atoms with Crippen molar-refractivity contribution in [1.29, 1.82) is 0 Å². The maximum absolute atomic E-state index is 11.5. The number of aliphatic hydroxyl groups excluding tert-OH is 1. The summed E-state index contributed by atoms with van der Waals surface area (Å²) in [6.45, 7) is -0.0568. The normalized spacial score (nSPS) is 10.7. The monoisotopic (exact) mass is 278 g/mol. The molecular weight excluding hydrogens is 264 g/mol. The zero-order valence-corrected chi connectivity index (χ0v) is 11.3. The minimum absolute atomic E-state index is 0.0568. The molecule has 0 atom stereocenters. The Bertz CT molecular complexity index is 807. The zero-order valence-electron chi connectivity index (χ0n) is 11.3. The Balaban J connectivity index is 2.28. The Hall–Kier alpha value is -2.65. The van der Waals surface area contributed by atoms with E-state index in [1.807, 2.05) is 54.6 Å². The summed E-state index contributed by atoms with van der Waals surface area (Å²) in [5.74, 6) is -0.954. The highest BCUT2D eigenvalue weighted by molar-refractivity contribution is 6.02. The van der Waals surface area contributed by atoms with Gasteiger partial charge in [-0.1, -0.05) is 42.5 Å². The molecule has 0 bridgehead atoms. The molecule has 0 aliphatic rings. The number of rotatable bonds is 3. The Morgan fingerprint density at radius 3 is 2.33 bits per heavy atom. The predicted molar refractivity (Wildman–Crippen MR) is 82.3 cm³/mol. The highest BCUT2D eigenvalue weighted by atomic mass is 16.4. The van der Waals surface area contributed by atoms with E-state index in [2.05, 4.69) is 0 Å². The van der Waals surface area contributed by atoms with E-state index in [1.54, 1.807) is 6.07 Å². The van der Waals surface area contributed by atoms with Crippen molar-refractivity contribution in [3.8, 4) is 11.1 Å². The number of benzene rings is 3. The van der Waals surface area contributed by atoms with Crippen molar-refractivity contribution in [2.75, 3.05) is 0 Å². The summed E-state index contributed by atoms with van der Waals surface area (Å²) in [6.07, 6.45) is 0. The number of fused-ring (bicyclic) bond motifs is 1. The summed E-state index contributed by atoms with van der Waals surface area (Å²) in [7, 11) is 0. The minimum atomic E-state index is -0.954. The van der Waals surface area contributed by atoms with Crippen LogP contribution in [0.15, 0.2) is 60.7 Å². The van der Waals surface area contributed by atoms with Gasteiger partial charge in [-0.25, -0.2) is 4.79 Å². The lowest BCUT2D eigenvalue weighted by atomic mass is 9.95. The third-order valence-electron chi connectivity index (χ3n) is 3.54. The van der Waals surface area contributed by atoms with E-state index in [-0.39, 0.29) is 12.2 Å². The van der Waals surface area contributed by atoms with Crippen LogP contribution in [0.4, 0.5) is 0 Å². The van der Waals surface area contributed by atoms with E-state index in [4.69, 9.17) is 0 Å². The van der Waals surface area contributed by atoms with Crippen molar-refractivity contribution >= 4 is 16.7 Å². The van der Waals surface area contributed by atoms with Gasteiger partial charge in [-0.3, -0.25) is 0 Å². The van der Waals surface area contributed by atoms with Crippen LogP contribution in [0, 0.1) is 0 Å². The van der Waals surface area contributed by atoms with Gasteiger partial charge in [0.15, 0.2) is 0 Å². The highest BCUT2D eigenvalue weighted by Crippen LogP contribution is 2.29. The summed E-state index contributed by atoms with van der Waals surface area (Å²) < 4.78 is 0. The Morgan fingerprint density at radius 1 is 0.905 bits per heavy atom. The number of aromatic carboxylic acids is 1. The molecule has 0 spiro atoms. The van der Waals surface area contributed by atoms with Crippen molar-refractivity contribution in [3.05, 3.63) is 71.8 Å². The third kappa shape index (κ3) is 2.51. The fraction of sp³-hybridized carbons (Fsp3) is 0.0556. The molecule has 0 heterocycles. The molecule has 3 rings (SSSR count). The molecule has 104 valence electrons. The van der Waals surface area contributed by atoms with Gasteiger partial charge in [0, 0.05) is 0 Å². The van der Waals surface area contributed by atoms with Crippen LogP contribution < -0.4 is 0 Å². The maximum Gasteiger partial charge on any atom is 0.336 e. The van der Waals surface area contributed by atoms with Crippen molar-refractivity contribution in [3.63, 3.8) is 0 Å². The molecule has 3 aromatic rings. The van der Waals surface area contributed by atoms with Crippen LogP contribution in [0.2, 0.25) is 0 Å². The molecule has 0 unspecified atom stereocenters. The SMILES string of the molecule is O=C(O)c1cc2cc(CO)ccc2cc1-c1ccccc1. The molecule has 0 fully saturated rings. The second kappa shape index (κ2) is 5.38. The fourth-order valence-corrected chi connectivity index (χ4v) is 2.48. The van der Waals surface area contributed by atoms with E-state index in [9.17, 15) is 15.0 Å². The van der Waals surface area contributed by atoms with Crippen LogP contribution in [-0.2, 0) is 6.61 Å². The molecule has 3 aromatic carbocycles. The van der Waals surface area contributed by atoms with Crippen LogP contribution in [0.25, 0.3) is 21.9 Å². The first-order valence-corrected chi connectivity index (χ1v) is 6.65. The molecule has 2 N–H and O–H groups in total. The number of aliphatic hydroxyl groups is 1. The first kappa shape index (κ1) is 13.3. The van der Waals surface area contributed by atoms with E-state index in [0.29, 0.717) is 5.56 Å². The second-order valence-electron chi connectivity index (χ2n) is 4.91. The summed E-state index contributed by atoms with van der Waals surface area (Å²) >= 11 is 0. The van der Waals surface area contributed by atoms with Gasteiger partial charge >= 0.3 is 5.97 Å². The van der Waals surface area contributed by atoms with E-state index < -0.39 is 5.97 Å². The fourth-order valence-electron chi connectivity index (χ4n) is 2.48. The largest absolute Gasteiger partial charge is 0.478 e. The maximum atomic E-state index is 11.5. The number of hydrogen-bond acceptors (Lipinski definition) is 2. The lowest BCUT2D eigenvalue weighted by molar-refractivity contribution is 0.0698. The number of carbonyl (C=O) groups is 1. The van der Waals surface area contributed by atoms with E-state index >= 15 is 0 Å². The standard InChI is InChI=1S/C18H14O3/c19-11-12-6-7-14-9-16(13-4-2-1-3-5-13)17(18(20)21)10-15(14)8-12/h1-10,19H,11H2,(H,20,21). The topological polar surface area (TPSA) is 57.5 Å². The molecule has 0 aliphatic carbocycles. The number of hydrogen-bond donors (Lipinski definition) is 2. The van der Waals surface area contributed by atoms with Gasteiger partial charge in [-0.05, 0) is 45.7 Å². The van der Waals surface area contributed by atoms with Crippen LogP contribution in [0.1, 0.15) is 15.9 Å². The van der Waals surface area contributed by atoms with Crippen molar-refractivity contribution < 1.29 is 15.0 Å². The predicted octanol–water partition coefficient (Wildman–Crippen LogP) is 3.70. The molecule has 3 nitrogen and oxygen atoms in total. The van der Waals surface area contributed by atoms with E-state index in [1.165, 1.54) is 0 Å². The smallest absolute Gasteiger partial charge is 0.336 e. The van der Waals surface area contributed by atoms with Crippen molar-refractivity contribution in [2.24, 2.45) is 0 Å². The first-order chi connectivity index (χ1) is 10.2. The molecular formula is C18H14O3. The summed E-state index contributed by atoms with van der Waals surface area (Å²) in [5.41, 5.74) is 2.62. The van der Waals surface area contributed by atoms with E-state index in [0.717, 1.165) is 21.9 Å². The summed E-state index contributed by atoms with van der Waals surface area (Å²) in [5, 5.41) is 20.4. The molecule has 0 saturated heterocycles. The van der Waals surface area contributed by atoms with Crippen molar-refractivity contribution in [2.45, 2.75) is 6.61 Å². The average Bonchev–Trinajstić information content (AvgIpc) is 2.53. The molecule has 0 amide bonds. The van der Waals surface area contributed by atoms with Crippen LogP contribution in [0.5, 0.6) is 0 Å². The quantitative estimate of drug-likeness (QED) is 0.768. The lowest BCUT2D eigenvalue weighted by Gasteiger charge is -2.10. The molecule has 3 heteroatoms. The first-order valence-electron chi connectivity index (χ1n) is 6.65. The van der Waals surface area contributed by atoms with Gasteiger partial charge in [-0.2, -0.15) is 0 Å². The molecule has 0 saturated carbocycles. The van der Waals surface area contributed by atoms with Gasteiger partial charge in [0.1, 0.15) is 0 Å². The Kier molecular flexibility index (Phi) is 3.42. The average molecular weight is 278 g/mol. The molecule has 0 aromatic heterocycles. The second-order valence-corrected chi connectivity index (χ2v) is 4.91. The van der Waals surface area contributed by atoms with Crippen molar-refractivity contribution in [1.82, 2.24) is 0 Å². The summed E-state index contributed by atoms with van der Waals surface area (Å²) in [4.78, 5) is 11.5. The van der Waals surface area contributed by atoms with Gasteiger partial charge in [0.2, 0.25) is 0 Å². The minimum Gasteiger partial charge on any atom is -0.478 e. The Labute approximate surface area is 122 Å². The van der Waals surface area contributed by atoms with Crippen LogP contribution >= 0.6 is 0 Å². The lowest BCUT2D eigenvalue weighted by Crippen LogP contribution is -2.00. The zero-order chi connectivity index (χ0) is 14.8.